The van der Waals surface area contributed by atoms with Gasteiger partial charge in [0, 0.05) is 11.3 Å². The zero-order valence-corrected chi connectivity index (χ0v) is 11.6. The van der Waals surface area contributed by atoms with Crippen LogP contribution in [0.15, 0.2) is 30.3 Å². The minimum absolute atomic E-state index is 0.0944. The number of thiophene rings is 1. The summed E-state index contributed by atoms with van der Waals surface area (Å²) in [4.78, 5) is 1.10. The number of rotatable bonds is 4. The predicted molar refractivity (Wildman–Crippen MR) is 74.5 cm³/mol. The predicted octanol–water partition coefficient (Wildman–Crippen LogP) is 3.94. The molecule has 1 heterocycles. The molecular weight excluding hydrogens is 294 g/mol. The quantitative estimate of drug-likeness (QED) is 0.663. The Morgan fingerprint density at radius 1 is 1.28 bits per heavy atom. The van der Waals surface area contributed by atoms with Crippen molar-refractivity contribution in [2.24, 2.45) is 5.84 Å². The molecule has 6 heteroatoms. The molecule has 2 rings (SSSR count). The smallest absolute Gasteiger partial charge is 0.141 e. The average Bonchev–Trinajstić information content (AvgIpc) is 2.75. The summed E-state index contributed by atoms with van der Waals surface area (Å²) in [6, 6.07) is 8.24. The normalized spacial score (nSPS) is 12.7. The fraction of sp³-hybridized carbons (Fsp3) is 0.167. The molecule has 96 valence electrons. The van der Waals surface area contributed by atoms with Gasteiger partial charge in [0.05, 0.1) is 15.4 Å². The maximum atomic E-state index is 13.1. The molecule has 1 aromatic carbocycles. The van der Waals surface area contributed by atoms with Crippen molar-refractivity contribution in [1.82, 2.24) is 5.43 Å². The minimum Gasteiger partial charge on any atom is -0.271 e. The molecule has 2 nitrogen and oxygen atoms in total. The number of halogens is 3. The number of nitrogens with one attached hydrogen (secondary N) is 1. The van der Waals surface area contributed by atoms with E-state index in [2.05, 4.69) is 5.43 Å². The van der Waals surface area contributed by atoms with E-state index in [9.17, 15) is 4.39 Å². The summed E-state index contributed by atoms with van der Waals surface area (Å²) in [5.74, 6) is 5.10. The molecule has 0 aliphatic rings. The molecule has 0 saturated heterocycles. The topological polar surface area (TPSA) is 38.0 Å². The second-order valence-electron chi connectivity index (χ2n) is 3.80. The largest absolute Gasteiger partial charge is 0.271 e. The molecule has 0 bridgehead atoms. The van der Waals surface area contributed by atoms with Crippen LogP contribution in [0.2, 0.25) is 9.36 Å². The van der Waals surface area contributed by atoms with Crippen molar-refractivity contribution < 1.29 is 4.39 Å². The van der Waals surface area contributed by atoms with Gasteiger partial charge < -0.3 is 0 Å². The highest BCUT2D eigenvalue weighted by Crippen LogP contribution is 2.27. The first-order chi connectivity index (χ1) is 8.60. The Morgan fingerprint density at radius 2 is 2.06 bits per heavy atom. The van der Waals surface area contributed by atoms with E-state index < -0.39 is 5.82 Å². The van der Waals surface area contributed by atoms with Crippen molar-refractivity contribution in [3.05, 3.63) is 55.9 Å². The average molecular weight is 305 g/mol. The van der Waals surface area contributed by atoms with Gasteiger partial charge in [-0.25, -0.2) is 4.39 Å². The Morgan fingerprint density at radius 3 is 2.61 bits per heavy atom. The van der Waals surface area contributed by atoms with Crippen LogP contribution in [0.5, 0.6) is 0 Å². The second kappa shape index (κ2) is 5.99. The highest BCUT2D eigenvalue weighted by molar-refractivity contribution is 7.16. The lowest BCUT2D eigenvalue weighted by molar-refractivity contribution is 0.553. The summed E-state index contributed by atoms with van der Waals surface area (Å²) in [6.45, 7) is 0. The van der Waals surface area contributed by atoms with Crippen LogP contribution in [0.1, 0.15) is 16.5 Å². The molecule has 0 spiro atoms. The summed E-state index contributed by atoms with van der Waals surface area (Å²) in [5, 5.41) is 0.0944. The van der Waals surface area contributed by atoms with Gasteiger partial charge in [0.15, 0.2) is 0 Å². The van der Waals surface area contributed by atoms with Crippen LogP contribution >= 0.6 is 34.5 Å². The summed E-state index contributed by atoms with van der Waals surface area (Å²) >= 11 is 13.1. The Bertz CT molecular complexity index is 545. The zero-order chi connectivity index (χ0) is 13.1. The van der Waals surface area contributed by atoms with Crippen LogP contribution in [0, 0.1) is 5.82 Å². The third-order valence-corrected chi connectivity index (χ3v) is 4.12. The lowest BCUT2D eigenvalue weighted by Gasteiger charge is -2.15. The Kier molecular flexibility index (Phi) is 4.59. The lowest BCUT2D eigenvalue weighted by Crippen LogP contribution is -2.29. The molecule has 0 aliphatic carbocycles. The van der Waals surface area contributed by atoms with E-state index in [0.717, 1.165) is 14.8 Å². The Labute approximate surface area is 118 Å². The first-order valence-corrected chi connectivity index (χ1v) is 6.82. The van der Waals surface area contributed by atoms with Crippen molar-refractivity contribution in [1.29, 1.82) is 0 Å². The van der Waals surface area contributed by atoms with Crippen LogP contribution in [0.3, 0.4) is 0 Å². The highest BCUT2D eigenvalue weighted by atomic mass is 35.5. The molecule has 0 saturated carbocycles. The van der Waals surface area contributed by atoms with Gasteiger partial charge in [0.25, 0.3) is 0 Å². The third kappa shape index (κ3) is 3.22. The number of hydrogen-bond acceptors (Lipinski definition) is 3. The fourth-order valence-electron chi connectivity index (χ4n) is 1.66. The van der Waals surface area contributed by atoms with Gasteiger partial charge in [0.2, 0.25) is 0 Å². The van der Waals surface area contributed by atoms with Gasteiger partial charge >= 0.3 is 0 Å². The van der Waals surface area contributed by atoms with Crippen molar-refractivity contribution >= 4 is 34.5 Å². The van der Waals surface area contributed by atoms with Gasteiger partial charge in [-0.05, 0) is 29.8 Å². The minimum atomic E-state index is -0.435. The van der Waals surface area contributed by atoms with E-state index in [1.807, 2.05) is 12.1 Å². The van der Waals surface area contributed by atoms with E-state index in [0.29, 0.717) is 6.42 Å². The molecule has 1 aromatic heterocycles. The van der Waals surface area contributed by atoms with E-state index in [1.165, 1.54) is 17.4 Å². The maximum absolute atomic E-state index is 13.1. The maximum Gasteiger partial charge on any atom is 0.141 e. The molecule has 2 aromatic rings. The SMILES string of the molecule is NNC(Cc1ccc(Cl)s1)c1ccc(F)c(Cl)c1. The molecule has 1 unspecified atom stereocenters. The van der Waals surface area contributed by atoms with E-state index in [1.54, 1.807) is 12.1 Å². The molecule has 1 atom stereocenters. The first-order valence-electron chi connectivity index (χ1n) is 5.25. The van der Waals surface area contributed by atoms with E-state index in [4.69, 9.17) is 29.0 Å². The second-order valence-corrected chi connectivity index (χ2v) is 6.01. The summed E-state index contributed by atoms with van der Waals surface area (Å²) in [6.07, 6.45) is 0.676. The van der Waals surface area contributed by atoms with Crippen molar-refractivity contribution in [2.45, 2.75) is 12.5 Å². The molecule has 3 N–H and O–H groups in total. The molecule has 0 fully saturated rings. The highest BCUT2D eigenvalue weighted by Gasteiger charge is 2.13. The standard InChI is InChI=1S/C12H11Cl2FN2S/c13-9-5-7(1-3-10(9)15)11(17-16)6-8-2-4-12(14)18-8/h1-5,11,17H,6,16H2. The number of hydrogen-bond donors (Lipinski definition) is 2. The van der Waals surface area contributed by atoms with E-state index >= 15 is 0 Å². The van der Waals surface area contributed by atoms with Crippen molar-refractivity contribution in [3.8, 4) is 0 Å². The lowest BCUT2D eigenvalue weighted by atomic mass is 10.0. The molecular formula is C12H11Cl2FN2S. The molecule has 0 amide bonds. The molecule has 0 radical (unpaired) electrons. The van der Waals surface area contributed by atoms with E-state index in [-0.39, 0.29) is 11.1 Å². The van der Waals surface area contributed by atoms with Gasteiger partial charge in [-0.2, -0.15) is 0 Å². The van der Waals surface area contributed by atoms with Gasteiger partial charge in [-0.3, -0.25) is 11.3 Å². The summed E-state index contributed by atoms with van der Waals surface area (Å²) < 4.78 is 13.8. The summed E-state index contributed by atoms with van der Waals surface area (Å²) in [7, 11) is 0. The van der Waals surface area contributed by atoms with Crippen LogP contribution < -0.4 is 11.3 Å². The van der Waals surface area contributed by atoms with Crippen LogP contribution in [0.4, 0.5) is 4.39 Å². The fourth-order valence-corrected chi connectivity index (χ4v) is 2.99. The third-order valence-electron chi connectivity index (χ3n) is 2.58. The zero-order valence-electron chi connectivity index (χ0n) is 9.29. The molecule has 18 heavy (non-hydrogen) atoms. The van der Waals surface area contributed by atoms with Gasteiger partial charge in [-0.15, -0.1) is 11.3 Å². The van der Waals surface area contributed by atoms with Gasteiger partial charge in [-0.1, -0.05) is 29.3 Å². The Hall–Kier alpha value is -0.650. The Balaban J connectivity index is 2.19. The van der Waals surface area contributed by atoms with Gasteiger partial charge in [0.1, 0.15) is 5.82 Å². The number of benzene rings is 1. The molecule has 0 aliphatic heterocycles. The van der Waals surface area contributed by atoms with Crippen LogP contribution in [-0.4, -0.2) is 0 Å². The van der Waals surface area contributed by atoms with Crippen molar-refractivity contribution in [3.63, 3.8) is 0 Å². The van der Waals surface area contributed by atoms with Crippen LogP contribution in [-0.2, 0) is 6.42 Å². The summed E-state index contributed by atoms with van der Waals surface area (Å²) in [5.41, 5.74) is 3.55. The number of nitrogens with two attached hydrogens (primary N) is 1. The first kappa shape index (κ1) is 13.8. The van der Waals surface area contributed by atoms with Crippen LogP contribution in [0.25, 0.3) is 0 Å². The van der Waals surface area contributed by atoms with Crippen molar-refractivity contribution in [2.75, 3.05) is 0 Å². The number of hydrazine groups is 1. The monoisotopic (exact) mass is 304 g/mol.